The van der Waals surface area contributed by atoms with E-state index in [1.165, 1.54) is 0 Å². The summed E-state index contributed by atoms with van der Waals surface area (Å²) < 4.78 is 1.59. The van der Waals surface area contributed by atoms with Gasteiger partial charge in [-0.3, -0.25) is 9.69 Å². The number of carbonyl (C=O) groups excluding carboxylic acids is 1. The summed E-state index contributed by atoms with van der Waals surface area (Å²) in [5, 5.41) is 15.8. The average Bonchev–Trinajstić information content (AvgIpc) is 3.13. The fourth-order valence-electron chi connectivity index (χ4n) is 4.98. The van der Waals surface area contributed by atoms with Gasteiger partial charge in [0.25, 0.3) is 0 Å². The van der Waals surface area contributed by atoms with Crippen LogP contribution in [0.1, 0.15) is 42.0 Å². The SMILES string of the molecule is Cc1ccc(N2C(N)=C(C#N)C(c3c(C)nn(-c4cccc(Cl)c4)c3Cl)C3=C2CCCC3=O)cc1. The van der Waals surface area contributed by atoms with E-state index in [9.17, 15) is 10.1 Å². The summed E-state index contributed by atoms with van der Waals surface area (Å²) in [6.45, 7) is 3.83. The highest BCUT2D eigenvalue weighted by Gasteiger charge is 2.42. The summed E-state index contributed by atoms with van der Waals surface area (Å²) >= 11 is 13.1. The first-order valence-electron chi connectivity index (χ1n) is 11.4. The van der Waals surface area contributed by atoms with E-state index >= 15 is 0 Å². The topological polar surface area (TPSA) is 87.9 Å². The predicted molar refractivity (Wildman–Crippen MR) is 137 cm³/mol. The zero-order chi connectivity index (χ0) is 24.9. The Morgan fingerprint density at radius 2 is 1.83 bits per heavy atom. The van der Waals surface area contributed by atoms with Crippen molar-refractivity contribution in [2.45, 2.75) is 39.0 Å². The zero-order valence-electron chi connectivity index (χ0n) is 19.3. The molecule has 3 aromatic rings. The molecular formula is C27H23Cl2N5O. The van der Waals surface area contributed by atoms with Crippen LogP contribution in [-0.2, 0) is 4.79 Å². The van der Waals surface area contributed by atoms with Gasteiger partial charge in [-0.1, -0.05) is 47.0 Å². The van der Waals surface area contributed by atoms with Crippen molar-refractivity contribution in [3.63, 3.8) is 0 Å². The van der Waals surface area contributed by atoms with Crippen LogP contribution in [0.5, 0.6) is 0 Å². The number of nitriles is 1. The molecule has 1 aliphatic carbocycles. The van der Waals surface area contributed by atoms with Crippen LogP contribution < -0.4 is 10.6 Å². The van der Waals surface area contributed by atoms with Gasteiger partial charge in [-0.2, -0.15) is 10.4 Å². The van der Waals surface area contributed by atoms with Gasteiger partial charge in [0.15, 0.2) is 5.78 Å². The number of aromatic nitrogens is 2. The number of halogens is 2. The third kappa shape index (κ3) is 3.81. The molecule has 176 valence electrons. The van der Waals surface area contributed by atoms with Gasteiger partial charge in [0.2, 0.25) is 0 Å². The fraction of sp³-hybridized carbons (Fsp3) is 0.222. The highest BCUT2D eigenvalue weighted by atomic mass is 35.5. The molecule has 0 spiro atoms. The molecule has 0 saturated heterocycles. The van der Waals surface area contributed by atoms with Crippen LogP contribution >= 0.6 is 23.2 Å². The van der Waals surface area contributed by atoms with E-state index in [1.54, 1.807) is 16.8 Å². The first-order chi connectivity index (χ1) is 16.8. The largest absolute Gasteiger partial charge is 0.384 e. The van der Waals surface area contributed by atoms with Crippen LogP contribution in [0.15, 0.2) is 71.2 Å². The minimum Gasteiger partial charge on any atom is -0.384 e. The van der Waals surface area contributed by atoms with Gasteiger partial charge in [-0.05, 0) is 57.0 Å². The molecule has 1 aromatic heterocycles. The van der Waals surface area contributed by atoms with Crippen molar-refractivity contribution >= 4 is 34.7 Å². The second kappa shape index (κ2) is 8.92. The van der Waals surface area contributed by atoms with Crippen molar-refractivity contribution in [3.05, 3.63) is 98.2 Å². The Kier molecular flexibility index (Phi) is 5.92. The molecule has 0 amide bonds. The molecule has 0 bridgehead atoms. The number of hydrogen-bond acceptors (Lipinski definition) is 5. The normalized spacial score (nSPS) is 18.1. The Labute approximate surface area is 213 Å². The van der Waals surface area contributed by atoms with Crippen LogP contribution in [0.2, 0.25) is 10.2 Å². The van der Waals surface area contributed by atoms with E-state index in [0.717, 1.165) is 23.4 Å². The van der Waals surface area contributed by atoms with Crippen LogP contribution in [0.25, 0.3) is 5.69 Å². The Balaban J connectivity index is 1.74. The minimum atomic E-state index is -0.690. The van der Waals surface area contributed by atoms with Gasteiger partial charge >= 0.3 is 0 Å². The van der Waals surface area contributed by atoms with Crippen molar-refractivity contribution in [3.8, 4) is 11.8 Å². The van der Waals surface area contributed by atoms with E-state index in [4.69, 9.17) is 28.9 Å². The third-order valence-electron chi connectivity index (χ3n) is 6.59. The highest BCUT2D eigenvalue weighted by molar-refractivity contribution is 6.31. The molecule has 2 heterocycles. The summed E-state index contributed by atoms with van der Waals surface area (Å²) in [5.74, 6) is -0.384. The van der Waals surface area contributed by atoms with E-state index in [-0.39, 0.29) is 11.4 Å². The number of allylic oxidation sites excluding steroid dienone is 3. The summed E-state index contributed by atoms with van der Waals surface area (Å²) in [6, 6.07) is 17.4. The van der Waals surface area contributed by atoms with Gasteiger partial charge in [-0.25, -0.2) is 4.68 Å². The van der Waals surface area contributed by atoms with E-state index in [0.29, 0.717) is 51.4 Å². The van der Waals surface area contributed by atoms with Gasteiger partial charge < -0.3 is 5.73 Å². The monoisotopic (exact) mass is 503 g/mol. The molecule has 2 N–H and O–H groups in total. The molecule has 35 heavy (non-hydrogen) atoms. The Morgan fingerprint density at radius 3 is 2.51 bits per heavy atom. The Morgan fingerprint density at radius 1 is 1.09 bits per heavy atom. The molecule has 1 atom stereocenters. The second-order valence-corrected chi connectivity index (χ2v) is 9.63. The fourth-order valence-corrected chi connectivity index (χ4v) is 5.55. The molecule has 6 nitrogen and oxygen atoms in total. The second-order valence-electron chi connectivity index (χ2n) is 8.83. The van der Waals surface area contributed by atoms with Crippen LogP contribution in [0.3, 0.4) is 0 Å². The molecule has 2 aliphatic rings. The molecule has 0 radical (unpaired) electrons. The summed E-state index contributed by atoms with van der Waals surface area (Å²) in [7, 11) is 0. The number of nitrogens with zero attached hydrogens (tertiary/aromatic N) is 4. The number of benzene rings is 2. The van der Waals surface area contributed by atoms with Crippen molar-refractivity contribution < 1.29 is 4.79 Å². The van der Waals surface area contributed by atoms with Crippen LogP contribution in [0, 0.1) is 25.2 Å². The number of aryl methyl sites for hydroxylation is 2. The smallest absolute Gasteiger partial charge is 0.161 e. The molecular weight excluding hydrogens is 481 g/mol. The van der Waals surface area contributed by atoms with Crippen LogP contribution in [0.4, 0.5) is 5.69 Å². The lowest BCUT2D eigenvalue weighted by Gasteiger charge is -2.39. The summed E-state index contributed by atoms with van der Waals surface area (Å²) in [6.07, 6.45) is 1.80. The maximum Gasteiger partial charge on any atom is 0.161 e. The molecule has 2 aromatic carbocycles. The molecule has 5 rings (SSSR count). The zero-order valence-corrected chi connectivity index (χ0v) is 20.9. The van der Waals surface area contributed by atoms with Gasteiger partial charge in [-0.15, -0.1) is 0 Å². The Bertz CT molecular complexity index is 1460. The highest BCUT2D eigenvalue weighted by Crippen LogP contribution is 2.48. The van der Waals surface area contributed by atoms with Gasteiger partial charge in [0.05, 0.1) is 28.9 Å². The lowest BCUT2D eigenvalue weighted by Crippen LogP contribution is -2.38. The first-order valence-corrected chi connectivity index (χ1v) is 12.1. The van der Waals surface area contributed by atoms with Crippen LogP contribution in [-0.4, -0.2) is 15.6 Å². The maximum atomic E-state index is 13.4. The lowest BCUT2D eigenvalue weighted by atomic mass is 9.75. The number of hydrogen-bond donors (Lipinski definition) is 1. The first kappa shape index (κ1) is 23.2. The molecule has 8 heteroatoms. The van der Waals surface area contributed by atoms with Crippen molar-refractivity contribution in [1.82, 2.24) is 9.78 Å². The number of rotatable bonds is 3. The number of carbonyl (C=O) groups is 1. The third-order valence-corrected chi connectivity index (χ3v) is 7.19. The number of Topliss-reactive ketones (excluding diaryl/α,β-unsaturated/α-hetero) is 1. The number of ketones is 1. The summed E-state index contributed by atoms with van der Waals surface area (Å²) in [5.41, 5.74) is 12.2. The van der Waals surface area contributed by atoms with Crippen molar-refractivity contribution in [2.24, 2.45) is 5.73 Å². The van der Waals surface area contributed by atoms with E-state index in [2.05, 4.69) is 11.2 Å². The standard InChI is InChI=1S/C27H23Cl2N5O/c1-15-9-11-18(12-10-15)33-21-7-4-8-22(35)25(21)24(20(14-30)27(33)31)23-16(2)32-34(26(23)29)19-6-3-5-17(28)13-19/h3,5-6,9-13,24H,4,7-8,31H2,1-2H3. The molecule has 0 saturated carbocycles. The van der Waals surface area contributed by atoms with Gasteiger partial charge in [0.1, 0.15) is 11.0 Å². The lowest BCUT2D eigenvalue weighted by molar-refractivity contribution is -0.116. The maximum absolute atomic E-state index is 13.4. The van der Waals surface area contributed by atoms with E-state index < -0.39 is 5.92 Å². The van der Waals surface area contributed by atoms with E-state index in [1.807, 2.05) is 55.1 Å². The predicted octanol–water partition coefficient (Wildman–Crippen LogP) is 6.10. The molecule has 1 unspecified atom stereocenters. The number of nitrogens with two attached hydrogens (primary N) is 1. The van der Waals surface area contributed by atoms with Gasteiger partial charge in [0, 0.05) is 34.0 Å². The minimum absolute atomic E-state index is 0.000385. The Hall–Kier alpha value is -3.53. The quantitative estimate of drug-likeness (QED) is 0.466. The van der Waals surface area contributed by atoms with Crippen molar-refractivity contribution in [2.75, 3.05) is 4.90 Å². The molecule has 1 aliphatic heterocycles. The number of anilines is 1. The average molecular weight is 504 g/mol. The summed E-state index contributed by atoms with van der Waals surface area (Å²) in [4.78, 5) is 15.3. The van der Waals surface area contributed by atoms with Crippen molar-refractivity contribution in [1.29, 1.82) is 5.26 Å². The molecule has 0 fully saturated rings.